The van der Waals surface area contributed by atoms with Crippen molar-refractivity contribution in [2.45, 2.75) is 19.9 Å². The lowest BCUT2D eigenvalue weighted by Gasteiger charge is -2.04. The fourth-order valence-corrected chi connectivity index (χ4v) is 3.62. The first kappa shape index (κ1) is 20.6. The average Bonchev–Trinajstić information content (AvgIpc) is 3.44. The van der Waals surface area contributed by atoms with Crippen molar-refractivity contribution in [3.8, 4) is 17.0 Å². The molecule has 1 aromatic carbocycles. The van der Waals surface area contributed by atoms with E-state index in [0.717, 1.165) is 23.4 Å². The van der Waals surface area contributed by atoms with Gasteiger partial charge in [-0.05, 0) is 48.9 Å². The summed E-state index contributed by atoms with van der Waals surface area (Å²) in [5.74, 6) is 1.11. The number of nitrogens with one attached hydrogen (secondary N) is 1. The van der Waals surface area contributed by atoms with Gasteiger partial charge in [0.15, 0.2) is 10.9 Å². The molecule has 0 fully saturated rings. The summed E-state index contributed by atoms with van der Waals surface area (Å²) in [7, 11) is 0. The maximum Gasteiger partial charge on any atom is 0.293 e. The van der Waals surface area contributed by atoms with Gasteiger partial charge in [-0.3, -0.25) is 14.9 Å². The molecule has 1 N–H and O–H groups in total. The van der Waals surface area contributed by atoms with Crippen molar-refractivity contribution in [2.24, 2.45) is 0 Å². The minimum atomic E-state index is -0.393. The third-order valence-electron chi connectivity index (χ3n) is 4.46. The number of benzene rings is 1. The van der Waals surface area contributed by atoms with E-state index in [4.69, 9.17) is 9.15 Å². The third kappa shape index (κ3) is 5.10. The molecular weight excluding hydrogens is 414 g/mol. The molecule has 0 aliphatic carbocycles. The quantitative estimate of drug-likeness (QED) is 0.435. The Morgan fingerprint density at radius 1 is 1.16 bits per heavy atom. The molecule has 0 spiro atoms. The first-order chi connectivity index (χ1) is 15.1. The van der Waals surface area contributed by atoms with Crippen LogP contribution in [0, 0.1) is 0 Å². The summed E-state index contributed by atoms with van der Waals surface area (Å²) in [5.41, 5.74) is 1.57. The van der Waals surface area contributed by atoms with E-state index < -0.39 is 5.91 Å². The van der Waals surface area contributed by atoms with Gasteiger partial charge in [0.1, 0.15) is 11.5 Å². The largest absolute Gasteiger partial charge is 0.494 e. The maximum atomic E-state index is 12.5. The van der Waals surface area contributed by atoms with Crippen LogP contribution in [0.25, 0.3) is 11.3 Å². The lowest BCUT2D eigenvalue weighted by Crippen LogP contribution is -2.18. The molecule has 3 heterocycles. The lowest BCUT2D eigenvalue weighted by molar-refractivity contribution is 0.0994. The van der Waals surface area contributed by atoms with E-state index in [2.05, 4.69) is 17.2 Å². The molecule has 0 aliphatic heterocycles. The minimum absolute atomic E-state index is 0.134. The van der Waals surface area contributed by atoms with Crippen LogP contribution in [0.3, 0.4) is 0 Å². The highest BCUT2D eigenvalue weighted by molar-refractivity contribution is 7.14. The van der Waals surface area contributed by atoms with Crippen LogP contribution in [0.2, 0.25) is 0 Å². The van der Waals surface area contributed by atoms with Crippen molar-refractivity contribution in [3.63, 3.8) is 0 Å². The van der Waals surface area contributed by atoms with E-state index in [1.165, 1.54) is 22.0 Å². The smallest absolute Gasteiger partial charge is 0.293 e. The number of amides is 1. The molecule has 0 radical (unpaired) electrons. The lowest BCUT2D eigenvalue weighted by atomic mass is 10.2. The van der Waals surface area contributed by atoms with Crippen LogP contribution in [-0.4, -0.2) is 22.1 Å². The first-order valence-corrected chi connectivity index (χ1v) is 10.7. The molecular formula is C23H21N3O4S. The Bertz CT molecular complexity index is 1220. The van der Waals surface area contributed by atoms with Crippen LogP contribution in [0.5, 0.6) is 5.75 Å². The van der Waals surface area contributed by atoms with Gasteiger partial charge in [-0.25, -0.2) is 4.98 Å². The molecule has 0 aliphatic rings. The van der Waals surface area contributed by atoms with Crippen molar-refractivity contribution in [1.29, 1.82) is 0 Å². The SMILES string of the molecule is CCCOc1ccc(-c2csc(NC(=O)c3ccc(Cn4ccccc4=O)o3)n2)cc1. The number of hydrogen-bond acceptors (Lipinski definition) is 6. The van der Waals surface area contributed by atoms with Gasteiger partial charge in [0.2, 0.25) is 0 Å². The van der Waals surface area contributed by atoms with E-state index in [9.17, 15) is 9.59 Å². The number of nitrogens with zero attached hydrogens (tertiary/aromatic N) is 2. The van der Waals surface area contributed by atoms with Gasteiger partial charge in [-0.1, -0.05) is 13.0 Å². The number of pyridine rings is 1. The number of anilines is 1. The molecule has 31 heavy (non-hydrogen) atoms. The van der Waals surface area contributed by atoms with E-state index in [-0.39, 0.29) is 17.9 Å². The molecule has 8 heteroatoms. The Hall–Kier alpha value is -3.65. The number of carbonyl (C=O) groups is 1. The molecule has 1 amide bonds. The van der Waals surface area contributed by atoms with Crippen LogP contribution >= 0.6 is 11.3 Å². The van der Waals surface area contributed by atoms with E-state index >= 15 is 0 Å². The Morgan fingerprint density at radius 2 is 2.00 bits per heavy atom. The monoisotopic (exact) mass is 435 g/mol. The predicted octanol–water partition coefficient (Wildman–Crippen LogP) is 4.65. The highest BCUT2D eigenvalue weighted by Crippen LogP contribution is 2.27. The van der Waals surface area contributed by atoms with E-state index in [0.29, 0.717) is 17.5 Å². The minimum Gasteiger partial charge on any atom is -0.494 e. The van der Waals surface area contributed by atoms with Gasteiger partial charge >= 0.3 is 0 Å². The van der Waals surface area contributed by atoms with Crippen LogP contribution in [-0.2, 0) is 6.54 Å². The number of furan rings is 1. The second-order valence-corrected chi connectivity index (χ2v) is 7.66. The summed E-state index contributed by atoms with van der Waals surface area (Å²) in [6.45, 7) is 3.00. The average molecular weight is 436 g/mol. The van der Waals surface area contributed by atoms with Crippen molar-refractivity contribution in [2.75, 3.05) is 11.9 Å². The molecule has 0 bridgehead atoms. The fraction of sp³-hybridized carbons (Fsp3) is 0.174. The number of thiazole rings is 1. The van der Waals surface area contributed by atoms with Crippen LogP contribution < -0.4 is 15.6 Å². The summed E-state index contributed by atoms with van der Waals surface area (Å²) < 4.78 is 12.7. The molecule has 0 saturated carbocycles. The Kier molecular flexibility index (Phi) is 6.28. The number of carbonyl (C=O) groups excluding carboxylic acids is 1. The summed E-state index contributed by atoms with van der Waals surface area (Å²) in [6, 6.07) is 15.9. The van der Waals surface area contributed by atoms with Crippen molar-refractivity contribution < 1.29 is 13.9 Å². The van der Waals surface area contributed by atoms with Gasteiger partial charge in [0.05, 0.1) is 18.8 Å². The van der Waals surface area contributed by atoms with Gasteiger partial charge in [0, 0.05) is 23.2 Å². The number of rotatable bonds is 8. The molecule has 0 saturated heterocycles. The maximum absolute atomic E-state index is 12.5. The zero-order valence-corrected chi connectivity index (χ0v) is 17.7. The van der Waals surface area contributed by atoms with Gasteiger partial charge < -0.3 is 13.7 Å². The van der Waals surface area contributed by atoms with E-state index in [1.54, 1.807) is 30.5 Å². The zero-order chi connectivity index (χ0) is 21.6. The second-order valence-electron chi connectivity index (χ2n) is 6.80. The summed E-state index contributed by atoms with van der Waals surface area (Å²) in [5, 5.41) is 5.12. The Labute approximate surface area is 182 Å². The standard InChI is InChI=1S/C23H21N3O4S/c1-2-13-29-17-8-6-16(7-9-17)19-15-31-23(24-19)25-22(28)20-11-10-18(30-20)14-26-12-4-3-5-21(26)27/h3-12,15H,2,13-14H2,1H3,(H,24,25,28). The third-order valence-corrected chi connectivity index (χ3v) is 5.22. The highest BCUT2D eigenvalue weighted by Gasteiger charge is 2.14. The molecule has 0 atom stereocenters. The second kappa shape index (κ2) is 9.44. The Morgan fingerprint density at radius 3 is 2.77 bits per heavy atom. The first-order valence-electron chi connectivity index (χ1n) is 9.86. The van der Waals surface area contributed by atoms with Crippen molar-refractivity contribution in [1.82, 2.24) is 9.55 Å². The van der Waals surface area contributed by atoms with Gasteiger partial charge in [-0.15, -0.1) is 11.3 Å². The number of aromatic nitrogens is 2. The fourth-order valence-electron chi connectivity index (χ4n) is 2.91. The van der Waals surface area contributed by atoms with Crippen LogP contribution in [0.15, 0.2) is 75.4 Å². The Balaban J connectivity index is 1.39. The number of ether oxygens (including phenoxy) is 1. The highest BCUT2D eigenvalue weighted by atomic mass is 32.1. The molecule has 158 valence electrons. The topological polar surface area (TPSA) is 86.4 Å². The van der Waals surface area contributed by atoms with Gasteiger partial charge in [0.25, 0.3) is 11.5 Å². The molecule has 0 unspecified atom stereocenters. The van der Waals surface area contributed by atoms with E-state index in [1.807, 2.05) is 29.6 Å². The van der Waals surface area contributed by atoms with Crippen LogP contribution in [0.1, 0.15) is 29.7 Å². The molecule has 4 rings (SSSR count). The summed E-state index contributed by atoms with van der Waals surface area (Å²) in [6.07, 6.45) is 2.63. The van der Waals surface area contributed by atoms with Crippen molar-refractivity contribution in [3.05, 3.63) is 88.0 Å². The molecule has 7 nitrogen and oxygen atoms in total. The normalized spacial score (nSPS) is 10.7. The van der Waals surface area contributed by atoms with Crippen LogP contribution in [0.4, 0.5) is 5.13 Å². The van der Waals surface area contributed by atoms with Crippen molar-refractivity contribution >= 4 is 22.4 Å². The van der Waals surface area contributed by atoms with Gasteiger partial charge in [-0.2, -0.15) is 0 Å². The predicted molar refractivity (Wildman–Crippen MR) is 120 cm³/mol. The summed E-state index contributed by atoms with van der Waals surface area (Å²) in [4.78, 5) is 28.8. The number of hydrogen-bond donors (Lipinski definition) is 1. The molecule has 4 aromatic rings. The summed E-state index contributed by atoms with van der Waals surface area (Å²) >= 11 is 1.34. The zero-order valence-electron chi connectivity index (χ0n) is 16.9. The molecule has 3 aromatic heterocycles.